The minimum atomic E-state index is -0.423. The molecular formula is C10H14N2O3. The molecule has 5 nitrogen and oxygen atoms in total. The van der Waals surface area contributed by atoms with E-state index in [-0.39, 0.29) is 0 Å². The monoisotopic (exact) mass is 210 g/mol. The van der Waals surface area contributed by atoms with Gasteiger partial charge in [0, 0.05) is 18.8 Å². The third-order valence-corrected chi connectivity index (χ3v) is 1.72. The van der Waals surface area contributed by atoms with Crippen molar-refractivity contribution in [2.75, 3.05) is 13.7 Å². The average molecular weight is 210 g/mol. The van der Waals surface area contributed by atoms with E-state index >= 15 is 0 Å². The number of amides is 1. The smallest absolute Gasteiger partial charge is 0.407 e. The molecule has 5 heteroatoms. The molecule has 82 valence electrons. The van der Waals surface area contributed by atoms with Gasteiger partial charge in [-0.2, -0.15) is 0 Å². The van der Waals surface area contributed by atoms with Gasteiger partial charge in [-0.15, -0.1) is 0 Å². The van der Waals surface area contributed by atoms with Crippen molar-refractivity contribution in [3.63, 3.8) is 0 Å². The predicted octanol–water partition coefficient (Wildman–Crippen LogP) is 1.34. The van der Waals surface area contributed by atoms with Crippen molar-refractivity contribution in [1.82, 2.24) is 10.3 Å². The Morgan fingerprint density at radius 2 is 2.33 bits per heavy atom. The van der Waals surface area contributed by atoms with Crippen molar-refractivity contribution in [1.29, 1.82) is 0 Å². The van der Waals surface area contributed by atoms with Crippen molar-refractivity contribution in [3.05, 3.63) is 23.9 Å². The molecule has 0 aliphatic rings. The van der Waals surface area contributed by atoms with E-state index in [1.807, 2.05) is 6.07 Å². The molecule has 0 spiro atoms. The van der Waals surface area contributed by atoms with E-state index in [4.69, 9.17) is 9.47 Å². The van der Waals surface area contributed by atoms with Gasteiger partial charge in [0.25, 0.3) is 0 Å². The first-order valence-electron chi connectivity index (χ1n) is 4.65. The van der Waals surface area contributed by atoms with Crippen LogP contribution >= 0.6 is 0 Å². The number of methoxy groups -OCH3 is 1. The summed E-state index contributed by atoms with van der Waals surface area (Å²) < 4.78 is 9.62. The fraction of sp³-hybridized carbons (Fsp3) is 0.400. The summed E-state index contributed by atoms with van der Waals surface area (Å²) >= 11 is 0. The highest BCUT2D eigenvalue weighted by atomic mass is 16.5. The number of carbonyl (C=O) groups is 1. The molecule has 0 saturated heterocycles. The van der Waals surface area contributed by atoms with Crippen LogP contribution in [0.1, 0.15) is 12.5 Å². The molecule has 15 heavy (non-hydrogen) atoms. The Morgan fingerprint density at radius 3 is 2.87 bits per heavy atom. The number of ether oxygens (including phenoxy) is 2. The molecule has 0 fully saturated rings. The van der Waals surface area contributed by atoms with E-state index < -0.39 is 6.09 Å². The third-order valence-electron chi connectivity index (χ3n) is 1.72. The summed E-state index contributed by atoms with van der Waals surface area (Å²) in [7, 11) is 1.55. The first-order chi connectivity index (χ1) is 7.26. The molecule has 0 bridgehead atoms. The maximum atomic E-state index is 11.0. The number of pyridine rings is 1. The van der Waals surface area contributed by atoms with Gasteiger partial charge >= 0.3 is 6.09 Å². The number of hydrogen-bond acceptors (Lipinski definition) is 4. The predicted molar refractivity (Wildman–Crippen MR) is 54.7 cm³/mol. The lowest BCUT2D eigenvalue weighted by atomic mass is 10.3. The molecule has 1 heterocycles. The lowest BCUT2D eigenvalue weighted by Crippen LogP contribution is -2.23. The van der Waals surface area contributed by atoms with Crippen LogP contribution in [0.4, 0.5) is 4.79 Å². The summed E-state index contributed by atoms with van der Waals surface area (Å²) in [6.07, 6.45) is 1.22. The normalized spacial score (nSPS) is 9.47. The first-order valence-corrected chi connectivity index (χ1v) is 4.65. The van der Waals surface area contributed by atoms with Gasteiger partial charge in [0.15, 0.2) is 0 Å². The van der Waals surface area contributed by atoms with Gasteiger partial charge in [-0.25, -0.2) is 9.78 Å². The van der Waals surface area contributed by atoms with Gasteiger partial charge < -0.3 is 14.8 Å². The largest absolute Gasteiger partial charge is 0.481 e. The minimum Gasteiger partial charge on any atom is -0.481 e. The van der Waals surface area contributed by atoms with E-state index in [9.17, 15) is 4.79 Å². The Balaban J connectivity index is 2.40. The summed E-state index contributed by atoms with van der Waals surface area (Å²) in [5.41, 5.74) is 0.892. The zero-order valence-electron chi connectivity index (χ0n) is 8.82. The van der Waals surface area contributed by atoms with E-state index in [2.05, 4.69) is 10.3 Å². The summed E-state index contributed by atoms with van der Waals surface area (Å²) in [5, 5.41) is 2.60. The molecule has 0 aliphatic heterocycles. The molecule has 1 rings (SSSR count). The lowest BCUT2D eigenvalue weighted by Gasteiger charge is -2.05. The third kappa shape index (κ3) is 3.84. The van der Waals surface area contributed by atoms with E-state index in [0.29, 0.717) is 19.0 Å². The SMILES string of the molecule is CCOC(=O)NCc1ccc(OC)nc1. The molecule has 0 aromatic carbocycles. The van der Waals surface area contributed by atoms with E-state index in [0.717, 1.165) is 5.56 Å². The van der Waals surface area contributed by atoms with Crippen LogP contribution in [0.25, 0.3) is 0 Å². The average Bonchev–Trinajstić information content (AvgIpc) is 2.27. The number of nitrogens with one attached hydrogen (secondary N) is 1. The second kappa shape index (κ2) is 5.85. The highest BCUT2D eigenvalue weighted by Gasteiger charge is 2.00. The van der Waals surface area contributed by atoms with Gasteiger partial charge in [0.1, 0.15) is 0 Å². The molecule has 0 unspecified atom stereocenters. The summed E-state index contributed by atoms with van der Waals surface area (Å²) in [4.78, 5) is 15.0. The fourth-order valence-electron chi connectivity index (χ4n) is 0.993. The van der Waals surface area contributed by atoms with Crippen molar-refractivity contribution in [3.8, 4) is 5.88 Å². The number of nitrogens with zero attached hydrogens (tertiary/aromatic N) is 1. The molecule has 1 aromatic rings. The summed E-state index contributed by atoms with van der Waals surface area (Å²) in [6.45, 7) is 2.52. The lowest BCUT2D eigenvalue weighted by molar-refractivity contribution is 0.151. The zero-order chi connectivity index (χ0) is 11.1. The number of carbonyl (C=O) groups excluding carboxylic acids is 1. The number of alkyl carbamates (subject to hydrolysis) is 1. The molecule has 1 aromatic heterocycles. The van der Waals surface area contributed by atoms with Crippen LogP contribution in [0, 0.1) is 0 Å². The van der Waals surface area contributed by atoms with Crippen LogP contribution in [0.5, 0.6) is 5.88 Å². The molecule has 1 N–H and O–H groups in total. The number of aromatic nitrogens is 1. The topological polar surface area (TPSA) is 60.5 Å². The number of hydrogen-bond donors (Lipinski definition) is 1. The first kappa shape index (κ1) is 11.3. The molecule has 0 radical (unpaired) electrons. The molecule has 0 saturated carbocycles. The second-order valence-electron chi connectivity index (χ2n) is 2.78. The Morgan fingerprint density at radius 1 is 1.53 bits per heavy atom. The highest BCUT2D eigenvalue weighted by Crippen LogP contribution is 2.06. The van der Waals surface area contributed by atoms with E-state index in [1.165, 1.54) is 0 Å². The van der Waals surface area contributed by atoms with Crippen LogP contribution in [0.2, 0.25) is 0 Å². The fourth-order valence-corrected chi connectivity index (χ4v) is 0.993. The van der Waals surface area contributed by atoms with Crippen LogP contribution in [-0.4, -0.2) is 24.8 Å². The Hall–Kier alpha value is -1.78. The van der Waals surface area contributed by atoms with Crippen LogP contribution in [-0.2, 0) is 11.3 Å². The molecule has 1 amide bonds. The molecule has 0 atom stereocenters. The van der Waals surface area contributed by atoms with Gasteiger partial charge in [0.05, 0.1) is 13.7 Å². The quantitative estimate of drug-likeness (QED) is 0.814. The van der Waals surface area contributed by atoms with Crippen molar-refractivity contribution in [2.45, 2.75) is 13.5 Å². The van der Waals surface area contributed by atoms with Crippen LogP contribution in [0.3, 0.4) is 0 Å². The summed E-state index contributed by atoms with van der Waals surface area (Å²) in [6, 6.07) is 3.57. The standard InChI is InChI=1S/C10H14N2O3/c1-3-15-10(13)12-7-8-4-5-9(14-2)11-6-8/h4-6H,3,7H2,1-2H3,(H,12,13). The highest BCUT2D eigenvalue weighted by molar-refractivity contribution is 5.67. The van der Waals surface area contributed by atoms with Gasteiger partial charge in [-0.3, -0.25) is 0 Å². The van der Waals surface area contributed by atoms with Gasteiger partial charge in [-0.05, 0) is 12.5 Å². The Labute approximate surface area is 88.4 Å². The number of rotatable bonds is 4. The zero-order valence-corrected chi connectivity index (χ0v) is 8.82. The maximum absolute atomic E-state index is 11.0. The Kier molecular flexibility index (Phi) is 4.40. The summed E-state index contributed by atoms with van der Waals surface area (Å²) in [5.74, 6) is 0.551. The maximum Gasteiger partial charge on any atom is 0.407 e. The minimum absolute atomic E-state index is 0.368. The van der Waals surface area contributed by atoms with Crippen molar-refractivity contribution in [2.24, 2.45) is 0 Å². The van der Waals surface area contributed by atoms with Crippen molar-refractivity contribution >= 4 is 6.09 Å². The van der Waals surface area contributed by atoms with Gasteiger partial charge in [0.2, 0.25) is 5.88 Å². The Bertz CT molecular complexity index is 311. The van der Waals surface area contributed by atoms with Gasteiger partial charge in [-0.1, -0.05) is 6.07 Å². The molecular weight excluding hydrogens is 196 g/mol. The van der Waals surface area contributed by atoms with Crippen molar-refractivity contribution < 1.29 is 14.3 Å². The molecule has 0 aliphatic carbocycles. The van der Waals surface area contributed by atoms with E-state index in [1.54, 1.807) is 26.3 Å². The van der Waals surface area contributed by atoms with Crippen LogP contribution in [0.15, 0.2) is 18.3 Å². The second-order valence-corrected chi connectivity index (χ2v) is 2.78. The van der Waals surface area contributed by atoms with Crippen LogP contribution < -0.4 is 10.1 Å².